The SMILES string of the molecule is CCn1cncc1CSC. The number of hydrogen-bond acceptors (Lipinski definition) is 2. The zero-order valence-corrected chi connectivity index (χ0v) is 7.19. The van der Waals surface area contributed by atoms with Gasteiger partial charge < -0.3 is 4.57 Å². The van der Waals surface area contributed by atoms with Crippen LogP contribution >= 0.6 is 11.8 Å². The standard InChI is InChI=1S/C7H12N2S/c1-3-9-6-8-4-7(9)5-10-2/h4,6H,3,5H2,1-2H3. The fourth-order valence-electron chi connectivity index (χ4n) is 0.901. The molecule has 0 unspecified atom stereocenters. The molecule has 0 aromatic carbocycles. The Balaban J connectivity index is 2.70. The van der Waals surface area contributed by atoms with Crippen molar-refractivity contribution in [2.24, 2.45) is 0 Å². The van der Waals surface area contributed by atoms with Crippen LogP contribution in [-0.4, -0.2) is 15.8 Å². The van der Waals surface area contributed by atoms with Crippen LogP contribution in [0.3, 0.4) is 0 Å². The van der Waals surface area contributed by atoms with Gasteiger partial charge in [0.2, 0.25) is 0 Å². The number of aromatic nitrogens is 2. The van der Waals surface area contributed by atoms with Gasteiger partial charge in [0.15, 0.2) is 0 Å². The molecule has 2 nitrogen and oxygen atoms in total. The van der Waals surface area contributed by atoms with Crippen molar-refractivity contribution in [2.45, 2.75) is 19.2 Å². The molecular weight excluding hydrogens is 144 g/mol. The van der Waals surface area contributed by atoms with E-state index in [1.807, 2.05) is 24.3 Å². The molecule has 0 spiro atoms. The lowest BCUT2D eigenvalue weighted by Gasteiger charge is -2.01. The number of hydrogen-bond donors (Lipinski definition) is 0. The molecule has 1 rings (SSSR count). The summed E-state index contributed by atoms with van der Waals surface area (Å²) < 4.78 is 2.16. The Kier molecular flexibility index (Phi) is 2.81. The highest BCUT2D eigenvalue weighted by Gasteiger charge is 1.96. The summed E-state index contributed by atoms with van der Waals surface area (Å²) >= 11 is 1.83. The monoisotopic (exact) mass is 156 g/mol. The van der Waals surface area contributed by atoms with Crippen molar-refractivity contribution >= 4 is 11.8 Å². The van der Waals surface area contributed by atoms with Gasteiger partial charge in [-0.15, -0.1) is 0 Å². The second kappa shape index (κ2) is 3.66. The maximum atomic E-state index is 4.06. The van der Waals surface area contributed by atoms with E-state index in [0.717, 1.165) is 12.3 Å². The maximum Gasteiger partial charge on any atom is 0.0948 e. The van der Waals surface area contributed by atoms with Crippen LogP contribution in [0.2, 0.25) is 0 Å². The molecule has 0 saturated carbocycles. The van der Waals surface area contributed by atoms with Crippen LogP contribution in [0.1, 0.15) is 12.6 Å². The molecule has 0 aliphatic rings. The van der Waals surface area contributed by atoms with E-state index < -0.39 is 0 Å². The van der Waals surface area contributed by atoms with E-state index in [-0.39, 0.29) is 0 Å². The molecule has 1 aromatic rings. The number of nitrogens with zero attached hydrogens (tertiary/aromatic N) is 2. The van der Waals surface area contributed by atoms with Crippen LogP contribution in [0.15, 0.2) is 12.5 Å². The molecule has 0 amide bonds. The first-order valence-corrected chi connectivity index (χ1v) is 4.75. The summed E-state index contributed by atoms with van der Waals surface area (Å²) in [6.07, 6.45) is 5.92. The molecule has 1 aromatic heterocycles. The minimum atomic E-state index is 1.02. The van der Waals surface area contributed by atoms with E-state index in [0.29, 0.717) is 0 Å². The normalized spacial score (nSPS) is 10.2. The number of thioether (sulfide) groups is 1. The summed E-state index contributed by atoms with van der Waals surface area (Å²) in [6, 6.07) is 0. The first-order chi connectivity index (χ1) is 4.88. The average molecular weight is 156 g/mol. The predicted octanol–water partition coefficient (Wildman–Crippen LogP) is 1.77. The Bertz CT molecular complexity index is 195. The summed E-state index contributed by atoms with van der Waals surface area (Å²) in [6.45, 7) is 3.15. The number of aryl methyl sites for hydroxylation is 1. The molecule has 0 saturated heterocycles. The molecule has 0 N–H and O–H groups in total. The van der Waals surface area contributed by atoms with Gasteiger partial charge in [-0.1, -0.05) is 0 Å². The molecule has 0 radical (unpaired) electrons. The van der Waals surface area contributed by atoms with Gasteiger partial charge in [-0.25, -0.2) is 4.98 Å². The van der Waals surface area contributed by atoms with Crippen LogP contribution in [0, 0.1) is 0 Å². The Morgan fingerprint density at radius 3 is 3.10 bits per heavy atom. The fraction of sp³-hybridized carbons (Fsp3) is 0.571. The van der Waals surface area contributed by atoms with E-state index >= 15 is 0 Å². The highest BCUT2D eigenvalue weighted by Crippen LogP contribution is 2.07. The van der Waals surface area contributed by atoms with Crippen molar-refractivity contribution < 1.29 is 0 Å². The third-order valence-corrected chi connectivity index (χ3v) is 2.02. The van der Waals surface area contributed by atoms with Gasteiger partial charge in [-0.3, -0.25) is 0 Å². The first kappa shape index (κ1) is 7.66. The predicted molar refractivity (Wildman–Crippen MR) is 45.1 cm³/mol. The van der Waals surface area contributed by atoms with Crippen molar-refractivity contribution in [3.05, 3.63) is 18.2 Å². The minimum Gasteiger partial charge on any atom is -0.334 e. The lowest BCUT2D eigenvalue weighted by Crippen LogP contribution is -1.96. The number of imidazole rings is 1. The maximum absolute atomic E-state index is 4.06. The largest absolute Gasteiger partial charge is 0.334 e. The third kappa shape index (κ3) is 1.53. The van der Waals surface area contributed by atoms with E-state index in [9.17, 15) is 0 Å². The van der Waals surface area contributed by atoms with E-state index in [1.165, 1.54) is 5.69 Å². The second-order valence-electron chi connectivity index (χ2n) is 2.10. The summed E-state index contributed by atoms with van der Waals surface area (Å²) in [4.78, 5) is 4.06. The highest BCUT2D eigenvalue weighted by molar-refractivity contribution is 7.97. The Labute approximate surface area is 65.7 Å². The quantitative estimate of drug-likeness (QED) is 0.663. The van der Waals surface area contributed by atoms with Crippen molar-refractivity contribution in [1.82, 2.24) is 9.55 Å². The van der Waals surface area contributed by atoms with Gasteiger partial charge in [0.25, 0.3) is 0 Å². The van der Waals surface area contributed by atoms with E-state index in [2.05, 4.69) is 22.7 Å². The molecule has 10 heavy (non-hydrogen) atoms. The van der Waals surface area contributed by atoms with Crippen molar-refractivity contribution in [2.75, 3.05) is 6.26 Å². The first-order valence-electron chi connectivity index (χ1n) is 3.36. The van der Waals surface area contributed by atoms with E-state index in [1.54, 1.807) is 0 Å². The Hall–Kier alpha value is -0.440. The third-order valence-electron chi connectivity index (χ3n) is 1.43. The van der Waals surface area contributed by atoms with Gasteiger partial charge in [0.1, 0.15) is 0 Å². The van der Waals surface area contributed by atoms with Gasteiger partial charge in [0.05, 0.1) is 6.33 Å². The topological polar surface area (TPSA) is 17.8 Å². The van der Waals surface area contributed by atoms with Crippen molar-refractivity contribution in [1.29, 1.82) is 0 Å². The van der Waals surface area contributed by atoms with Crippen molar-refractivity contribution in [3.63, 3.8) is 0 Å². The smallest absolute Gasteiger partial charge is 0.0948 e. The lowest BCUT2D eigenvalue weighted by molar-refractivity contribution is 0.734. The average Bonchev–Trinajstić information content (AvgIpc) is 2.36. The van der Waals surface area contributed by atoms with Gasteiger partial charge >= 0.3 is 0 Å². The second-order valence-corrected chi connectivity index (χ2v) is 2.97. The molecule has 0 aliphatic carbocycles. The molecular formula is C7H12N2S. The minimum absolute atomic E-state index is 1.02. The van der Waals surface area contributed by atoms with E-state index in [4.69, 9.17) is 0 Å². The molecule has 0 atom stereocenters. The molecule has 1 heterocycles. The van der Waals surface area contributed by atoms with Gasteiger partial charge in [-0.05, 0) is 13.2 Å². The van der Waals surface area contributed by atoms with Gasteiger partial charge in [0, 0.05) is 24.2 Å². The summed E-state index contributed by atoms with van der Waals surface area (Å²) in [5, 5.41) is 0. The number of rotatable bonds is 3. The zero-order valence-electron chi connectivity index (χ0n) is 6.37. The van der Waals surface area contributed by atoms with Crippen LogP contribution < -0.4 is 0 Å². The van der Waals surface area contributed by atoms with Crippen molar-refractivity contribution in [3.8, 4) is 0 Å². The fourth-order valence-corrected chi connectivity index (χ4v) is 1.44. The Morgan fingerprint density at radius 1 is 1.70 bits per heavy atom. The molecule has 0 fully saturated rings. The summed E-state index contributed by atoms with van der Waals surface area (Å²) in [5.41, 5.74) is 1.31. The summed E-state index contributed by atoms with van der Waals surface area (Å²) in [7, 11) is 0. The van der Waals surface area contributed by atoms with Crippen LogP contribution in [0.4, 0.5) is 0 Å². The lowest BCUT2D eigenvalue weighted by atomic mass is 10.5. The van der Waals surface area contributed by atoms with Gasteiger partial charge in [-0.2, -0.15) is 11.8 Å². The molecule has 0 bridgehead atoms. The molecule has 3 heteroatoms. The molecule has 56 valence electrons. The highest BCUT2D eigenvalue weighted by atomic mass is 32.2. The Morgan fingerprint density at radius 2 is 2.50 bits per heavy atom. The van der Waals surface area contributed by atoms with Crippen LogP contribution in [0.5, 0.6) is 0 Å². The van der Waals surface area contributed by atoms with Crippen LogP contribution in [-0.2, 0) is 12.3 Å². The summed E-state index contributed by atoms with van der Waals surface area (Å²) in [5.74, 6) is 1.06. The zero-order chi connectivity index (χ0) is 7.40. The molecule has 0 aliphatic heterocycles. The van der Waals surface area contributed by atoms with Crippen LogP contribution in [0.25, 0.3) is 0 Å².